The van der Waals surface area contributed by atoms with Crippen LogP contribution in [0.1, 0.15) is 5.56 Å². The molecule has 0 fully saturated rings. The van der Waals surface area contributed by atoms with E-state index < -0.39 is 0 Å². The Balaban J connectivity index is 2.79. The number of carbonyl (C=O) groups is 1. The van der Waals surface area contributed by atoms with Crippen LogP contribution in [0.5, 0.6) is 0 Å². The van der Waals surface area contributed by atoms with E-state index in [-0.39, 0.29) is 11.7 Å². The molecule has 0 aliphatic carbocycles. The molecule has 0 N–H and O–H groups in total. The van der Waals surface area contributed by atoms with E-state index in [9.17, 15) is 4.79 Å². The highest BCUT2D eigenvalue weighted by molar-refractivity contribution is 7.20. The largest absolute Gasteiger partial charge is 0.294 e. The zero-order valence-electron chi connectivity index (χ0n) is 6.39. The molecule has 0 saturated carbocycles. The summed E-state index contributed by atoms with van der Waals surface area (Å²) in [4.78, 5) is 10.8. The van der Waals surface area contributed by atoms with Gasteiger partial charge in [0.15, 0.2) is 5.78 Å². The fourth-order valence-electron chi connectivity index (χ4n) is 0.694. The van der Waals surface area contributed by atoms with Gasteiger partial charge in [0.05, 0.1) is 10.2 Å². The first-order valence-electron chi connectivity index (χ1n) is 3.35. The highest BCUT2D eigenvalue weighted by Crippen LogP contribution is 2.31. The Labute approximate surface area is 94.9 Å². The number of allylic oxidation sites excluding steroid dienone is 1. The van der Waals surface area contributed by atoms with Gasteiger partial charge in [-0.15, -0.1) is 22.9 Å². The summed E-state index contributed by atoms with van der Waals surface area (Å²) in [5.74, 6) is -0.175. The topological polar surface area (TPSA) is 17.1 Å². The quantitative estimate of drug-likeness (QED) is 0.592. The van der Waals surface area contributed by atoms with E-state index in [1.807, 2.05) is 0 Å². The summed E-state index contributed by atoms with van der Waals surface area (Å²) in [5, 5.41) is 0. The summed E-state index contributed by atoms with van der Waals surface area (Å²) in [6, 6.07) is 1.70. The Morgan fingerprint density at radius 1 is 1.54 bits per heavy atom. The summed E-state index contributed by atoms with van der Waals surface area (Å²) < 4.78 is 1.17. The van der Waals surface area contributed by atoms with Crippen LogP contribution in [0.3, 0.4) is 0 Å². The number of alkyl halides is 1. The number of halogens is 3. The van der Waals surface area contributed by atoms with E-state index in [2.05, 4.69) is 0 Å². The third kappa shape index (κ3) is 3.31. The second kappa shape index (κ2) is 5.01. The number of rotatable bonds is 3. The van der Waals surface area contributed by atoms with Gasteiger partial charge in [-0.25, -0.2) is 0 Å². The van der Waals surface area contributed by atoms with Crippen molar-refractivity contribution in [1.82, 2.24) is 0 Å². The fourth-order valence-corrected chi connectivity index (χ4v) is 2.22. The summed E-state index contributed by atoms with van der Waals surface area (Å²) in [6.07, 6.45) is 2.99. The second-order valence-electron chi connectivity index (χ2n) is 2.21. The van der Waals surface area contributed by atoms with Crippen molar-refractivity contribution in [1.29, 1.82) is 0 Å². The van der Waals surface area contributed by atoms with Gasteiger partial charge in [0.1, 0.15) is 4.34 Å². The molecule has 1 rings (SSSR count). The number of hydrogen-bond acceptors (Lipinski definition) is 2. The molecule has 0 saturated heterocycles. The lowest BCUT2D eigenvalue weighted by molar-refractivity contribution is -0.112. The van der Waals surface area contributed by atoms with E-state index >= 15 is 0 Å². The molecule has 0 radical (unpaired) electrons. The first-order valence-corrected chi connectivity index (χ1v) is 5.46. The van der Waals surface area contributed by atoms with Crippen molar-refractivity contribution in [3.63, 3.8) is 0 Å². The average molecular weight is 256 g/mol. The van der Waals surface area contributed by atoms with Crippen molar-refractivity contribution >= 4 is 58.0 Å². The van der Waals surface area contributed by atoms with Crippen LogP contribution in [0.4, 0.5) is 0 Å². The fraction of sp³-hybridized carbons (Fsp3) is 0.125. The summed E-state index contributed by atoms with van der Waals surface area (Å²) in [6.45, 7) is 0. The molecule has 1 heterocycles. The molecule has 0 bridgehead atoms. The number of carbonyl (C=O) groups excluding carboxylic acids is 1. The SMILES string of the molecule is O=C(/C=C/c1cc(Cl)sc1Cl)CCl. The zero-order valence-corrected chi connectivity index (χ0v) is 9.47. The van der Waals surface area contributed by atoms with Gasteiger partial charge < -0.3 is 0 Å². The van der Waals surface area contributed by atoms with E-state index in [1.54, 1.807) is 12.1 Å². The van der Waals surface area contributed by atoms with Gasteiger partial charge in [-0.1, -0.05) is 23.2 Å². The van der Waals surface area contributed by atoms with E-state index in [4.69, 9.17) is 34.8 Å². The van der Waals surface area contributed by atoms with Crippen molar-refractivity contribution in [3.8, 4) is 0 Å². The lowest BCUT2D eigenvalue weighted by Crippen LogP contribution is -1.91. The first-order chi connectivity index (χ1) is 6.13. The predicted octanol–water partition coefficient (Wildman–Crippen LogP) is 3.88. The van der Waals surface area contributed by atoms with Crippen LogP contribution < -0.4 is 0 Å². The second-order valence-corrected chi connectivity index (χ2v) is 4.77. The minimum Gasteiger partial charge on any atom is -0.294 e. The third-order valence-electron chi connectivity index (χ3n) is 1.26. The lowest BCUT2D eigenvalue weighted by Gasteiger charge is -1.86. The van der Waals surface area contributed by atoms with Gasteiger partial charge in [-0.3, -0.25) is 4.79 Å². The van der Waals surface area contributed by atoms with Crippen molar-refractivity contribution in [2.24, 2.45) is 0 Å². The minimum atomic E-state index is -0.153. The molecule has 5 heteroatoms. The smallest absolute Gasteiger partial charge is 0.170 e. The molecule has 1 aromatic heterocycles. The normalized spacial score (nSPS) is 11.0. The van der Waals surface area contributed by atoms with Crippen molar-refractivity contribution < 1.29 is 4.79 Å². The van der Waals surface area contributed by atoms with Gasteiger partial charge in [0.2, 0.25) is 0 Å². The molecule has 1 nitrogen and oxygen atoms in total. The maximum Gasteiger partial charge on any atom is 0.170 e. The molecule has 0 spiro atoms. The molecule has 0 aromatic carbocycles. The summed E-state index contributed by atoms with van der Waals surface area (Å²) in [5.41, 5.74) is 0.745. The highest BCUT2D eigenvalue weighted by atomic mass is 35.5. The average Bonchev–Trinajstić information content (AvgIpc) is 2.41. The monoisotopic (exact) mass is 254 g/mol. The Morgan fingerprint density at radius 2 is 2.23 bits per heavy atom. The first kappa shape index (κ1) is 11.1. The molecule has 1 aromatic rings. The number of thiophene rings is 1. The molecule has 13 heavy (non-hydrogen) atoms. The third-order valence-corrected chi connectivity index (χ3v) is 3.04. The molecule has 0 aliphatic rings. The summed E-state index contributed by atoms with van der Waals surface area (Å²) in [7, 11) is 0. The van der Waals surface area contributed by atoms with Crippen LogP contribution in [0.15, 0.2) is 12.1 Å². The van der Waals surface area contributed by atoms with Crippen LogP contribution in [0, 0.1) is 0 Å². The predicted molar refractivity (Wildman–Crippen MR) is 59.1 cm³/mol. The van der Waals surface area contributed by atoms with Crippen LogP contribution in [0.25, 0.3) is 6.08 Å². The maximum absolute atomic E-state index is 10.8. The zero-order chi connectivity index (χ0) is 9.84. The van der Waals surface area contributed by atoms with Gasteiger partial charge >= 0.3 is 0 Å². The Kier molecular flexibility index (Phi) is 4.26. The molecular formula is C8H5Cl3OS. The van der Waals surface area contributed by atoms with Gasteiger partial charge in [-0.2, -0.15) is 0 Å². The van der Waals surface area contributed by atoms with E-state index in [0.29, 0.717) is 8.67 Å². The highest BCUT2D eigenvalue weighted by Gasteiger charge is 2.02. The van der Waals surface area contributed by atoms with Crippen LogP contribution in [-0.2, 0) is 4.79 Å². The Bertz CT molecular complexity index is 343. The number of hydrogen-bond donors (Lipinski definition) is 0. The van der Waals surface area contributed by atoms with Crippen LogP contribution in [0.2, 0.25) is 8.67 Å². The molecule has 0 atom stereocenters. The molecular weight excluding hydrogens is 251 g/mol. The molecule has 0 amide bonds. The lowest BCUT2D eigenvalue weighted by atomic mass is 10.3. The van der Waals surface area contributed by atoms with Gasteiger partial charge in [-0.05, 0) is 18.2 Å². The Hall–Kier alpha value is -0.0200. The van der Waals surface area contributed by atoms with Gasteiger partial charge in [0.25, 0.3) is 0 Å². The Morgan fingerprint density at radius 3 is 2.69 bits per heavy atom. The van der Waals surface area contributed by atoms with Crippen molar-refractivity contribution in [3.05, 3.63) is 26.4 Å². The van der Waals surface area contributed by atoms with Crippen LogP contribution in [-0.4, -0.2) is 11.7 Å². The summed E-state index contributed by atoms with van der Waals surface area (Å²) >= 11 is 18.1. The standard InChI is InChI=1S/C8H5Cl3OS/c9-4-6(12)2-1-5-3-7(10)13-8(5)11/h1-3H,4H2/b2-1+. The van der Waals surface area contributed by atoms with Crippen LogP contribution >= 0.6 is 46.1 Å². The van der Waals surface area contributed by atoms with Crippen molar-refractivity contribution in [2.75, 3.05) is 5.88 Å². The minimum absolute atomic E-state index is 0.0218. The van der Waals surface area contributed by atoms with Crippen molar-refractivity contribution in [2.45, 2.75) is 0 Å². The van der Waals surface area contributed by atoms with E-state index in [0.717, 1.165) is 5.56 Å². The van der Waals surface area contributed by atoms with Gasteiger partial charge in [0, 0.05) is 5.56 Å². The maximum atomic E-state index is 10.8. The number of ketones is 1. The van der Waals surface area contributed by atoms with E-state index in [1.165, 1.54) is 17.4 Å². The molecule has 0 aliphatic heterocycles. The molecule has 70 valence electrons. The molecule has 0 unspecified atom stereocenters.